The van der Waals surface area contributed by atoms with E-state index in [1.807, 2.05) is 0 Å². The topological polar surface area (TPSA) is 12.0 Å². The second-order valence-electron chi connectivity index (χ2n) is 6.10. The molecule has 1 N–H and O–H groups in total. The van der Waals surface area contributed by atoms with Gasteiger partial charge in [-0.1, -0.05) is 34.1 Å². The normalized spacial score (nSPS) is 31.8. The molecule has 102 valence electrons. The summed E-state index contributed by atoms with van der Waals surface area (Å²) >= 11 is 2.22. The fraction of sp³-hybridized carbons (Fsp3) is 1.00. The van der Waals surface area contributed by atoms with Crippen LogP contribution in [0, 0.1) is 17.8 Å². The molecule has 1 aliphatic carbocycles. The third kappa shape index (κ3) is 4.82. The third-order valence-corrected chi connectivity index (χ3v) is 6.15. The van der Waals surface area contributed by atoms with Crippen LogP contribution in [-0.2, 0) is 0 Å². The van der Waals surface area contributed by atoms with Gasteiger partial charge in [-0.25, -0.2) is 0 Å². The van der Waals surface area contributed by atoms with Crippen LogP contribution < -0.4 is 5.32 Å². The van der Waals surface area contributed by atoms with E-state index in [4.69, 9.17) is 0 Å². The maximum Gasteiger partial charge on any atom is 0.0203 e. The molecule has 0 aliphatic heterocycles. The van der Waals surface area contributed by atoms with E-state index in [1.54, 1.807) is 0 Å². The molecule has 1 saturated carbocycles. The first-order valence-electron chi connectivity index (χ1n) is 7.37. The van der Waals surface area contributed by atoms with Gasteiger partial charge >= 0.3 is 0 Å². The third-order valence-electron chi connectivity index (χ3n) is 4.44. The van der Waals surface area contributed by atoms with Crippen molar-refractivity contribution in [1.29, 1.82) is 0 Å². The molecule has 0 spiro atoms. The van der Waals surface area contributed by atoms with Gasteiger partial charge in [0, 0.05) is 11.3 Å². The zero-order valence-electron chi connectivity index (χ0n) is 12.3. The van der Waals surface area contributed by atoms with Gasteiger partial charge in [-0.3, -0.25) is 0 Å². The molecule has 0 heterocycles. The minimum Gasteiger partial charge on any atom is -0.316 e. The molecule has 1 rings (SSSR count). The lowest BCUT2D eigenvalue weighted by atomic mass is 9.79. The van der Waals surface area contributed by atoms with E-state index in [1.165, 1.54) is 31.4 Å². The summed E-state index contributed by atoms with van der Waals surface area (Å²) in [6, 6.07) is 0.749. The highest BCUT2D eigenvalue weighted by Crippen LogP contribution is 2.36. The van der Waals surface area contributed by atoms with Crippen LogP contribution in [0.3, 0.4) is 0 Å². The first-order chi connectivity index (χ1) is 8.08. The van der Waals surface area contributed by atoms with Crippen molar-refractivity contribution >= 4 is 11.8 Å². The summed E-state index contributed by atoms with van der Waals surface area (Å²) in [6.07, 6.45) is 5.53. The number of hydrogen-bond acceptors (Lipinski definition) is 2. The van der Waals surface area contributed by atoms with E-state index in [2.05, 4.69) is 51.8 Å². The highest BCUT2D eigenvalue weighted by Gasteiger charge is 2.31. The Labute approximate surface area is 113 Å². The fourth-order valence-corrected chi connectivity index (χ4v) is 4.38. The lowest BCUT2D eigenvalue weighted by molar-refractivity contribution is 0.251. The molecule has 0 aromatic rings. The van der Waals surface area contributed by atoms with Gasteiger partial charge in [0.05, 0.1) is 0 Å². The number of thioether (sulfide) groups is 1. The summed E-state index contributed by atoms with van der Waals surface area (Å²) in [4.78, 5) is 0. The first kappa shape index (κ1) is 15.4. The summed E-state index contributed by atoms with van der Waals surface area (Å²) in [5.74, 6) is 4.02. The Balaban J connectivity index is 2.45. The van der Waals surface area contributed by atoms with Gasteiger partial charge in [-0.05, 0) is 49.8 Å². The van der Waals surface area contributed by atoms with E-state index < -0.39 is 0 Å². The van der Waals surface area contributed by atoms with Crippen LogP contribution in [0.1, 0.15) is 53.4 Å². The molecule has 2 heteroatoms. The summed E-state index contributed by atoms with van der Waals surface area (Å²) in [5, 5.41) is 4.38. The van der Waals surface area contributed by atoms with Crippen molar-refractivity contribution in [3.8, 4) is 0 Å². The maximum absolute atomic E-state index is 3.53. The molecule has 1 nitrogen and oxygen atoms in total. The number of rotatable bonds is 6. The smallest absolute Gasteiger partial charge is 0.0203 e. The molecule has 1 aliphatic rings. The van der Waals surface area contributed by atoms with Gasteiger partial charge in [0.15, 0.2) is 0 Å². The molecule has 4 unspecified atom stereocenters. The average molecular weight is 257 g/mol. The number of nitrogens with one attached hydrogen (secondary N) is 1. The van der Waals surface area contributed by atoms with Gasteiger partial charge in [0.2, 0.25) is 0 Å². The summed E-state index contributed by atoms with van der Waals surface area (Å²) in [6.45, 7) is 9.46. The molecule has 0 amide bonds. The minimum atomic E-state index is 0.749. The Kier molecular flexibility index (Phi) is 6.94. The van der Waals surface area contributed by atoms with Crippen molar-refractivity contribution in [3.63, 3.8) is 0 Å². The highest BCUT2D eigenvalue weighted by atomic mass is 32.2. The molecule has 0 aromatic carbocycles. The SMILES string of the molecule is CCC(C)CSC1CC(C(C)C)CCC1NC. The fourth-order valence-electron chi connectivity index (χ4n) is 2.69. The summed E-state index contributed by atoms with van der Waals surface area (Å²) in [5.41, 5.74) is 0. The Hall–Kier alpha value is 0.310. The Morgan fingerprint density at radius 3 is 2.47 bits per heavy atom. The van der Waals surface area contributed by atoms with E-state index in [9.17, 15) is 0 Å². The van der Waals surface area contributed by atoms with Gasteiger partial charge < -0.3 is 5.32 Å². The zero-order chi connectivity index (χ0) is 12.8. The highest BCUT2D eigenvalue weighted by molar-refractivity contribution is 7.99. The van der Waals surface area contributed by atoms with E-state index in [0.29, 0.717) is 0 Å². The standard InChI is InChI=1S/C15H31NS/c1-6-12(4)10-17-15-9-13(11(2)3)7-8-14(15)16-5/h11-16H,6-10H2,1-5H3. The van der Waals surface area contributed by atoms with Crippen LogP contribution in [-0.4, -0.2) is 24.1 Å². The van der Waals surface area contributed by atoms with E-state index >= 15 is 0 Å². The van der Waals surface area contributed by atoms with Crippen molar-refractivity contribution < 1.29 is 0 Å². The molecular weight excluding hydrogens is 226 g/mol. The van der Waals surface area contributed by atoms with E-state index in [0.717, 1.165) is 29.0 Å². The Bertz CT molecular complexity index is 205. The second-order valence-corrected chi connectivity index (χ2v) is 7.37. The molecule has 4 atom stereocenters. The number of hydrogen-bond donors (Lipinski definition) is 1. The average Bonchev–Trinajstić information content (AvgIpc) is 2.35. The first-order valence-corrected chi connectivity index (χ1v) is 8.42. The minimum absolute atomic E-state index is 0.749. The quantitative estimate of drug-likeness (QED) is 0.766. The maximum atomic E-state index is 3.53. The van der Waals surface area contributed by atoms with Crippen molar-refractivity contribution in [1.82, 2.24) is 5.32 Å². The van der Waals surface area contributed by atoms with Crippen molar-refractivity contribution in [2.45, 2.75) is 64.7 Å². The van der Waals surface area contributed by atoms with Crippen LogP contribution in [0.4, 0.5) is 0 Å². The van der Waals surface area contributed by atoms with Gasteiger partial charge in [-0.2, -0.15) is 11.8 Å². The van der Waals surface area contributed by atoms with E-state index in [-0.39, 0.29) is 0 Å². The van der Waals surface area contributed by atoms with Crippen LogP contribution in [0.25, 0.3) is 0 Å². The predicted octanol–water partition coefficient (Wildman–Crippen LogP) is 4.18. The molecule has 17 heavy (non-hydrogen) atoms. The van der Waals surface area contributed by atoms with Crippen molar-refractivity contribution in [2.24, 2.45) is 17.8 Å². The van der Waals surface area contributed by atoms with Crippen LogP contribution >= 0.6 is 11.8 Å². The summed E-state index contributed by atoms with van der Waals surface area (Å²) < 4.78 is 0. The zero-order valence-corrected chi connectivity index (χ0v) is 13.1. The van der Waals surface area contributed by atoms with Crippen LogP contribution in [0.5, 0.6) is 0 Å². The Morgan fingerprint density at radius 2 is 1.94 bits per heavy atom. The molecule has 0 radical (unpaired) electrons. The van der Waals surface area contributed by atoms with Crippen molar-refractivity contribution in [2.75, 3.05) is 12.8 Å². The lowest BCUT2D eigenvalue weighted by Gasteiger charge is -2.37. The van der Waals surface area contributed by atoms with Gasteiger partial charge in [0.25, 0.3) is 0 Å². The molecular formula is C15H31NS. The monoisotopic (exact) mass is 257 g/mol. The second kappa shape index (κ2) is 7.68. The molecule has 1 fully saturated rings. The molecule has 0 aromatic heterocycles. The van der Waals surface area contributed by atoms with Gasteiger partial charge in [-0.15, -0.1) is 0 Å². The molecule has 0 saturated heterocycles. The van der Waals surface area contributed by atoms with Crippen LogP contribution in [0.2, 0.25) is 0 Å². The van der Waals surface area contributed by atoms with Crippen LogP contribution in [0.15, 0.2) is 0 Å². The van der Waals surface area contributed by atoms with Crippen molar-refractivity contribution in [3.05, 3.63) is 0 Å². The Morgan fingerprint density at radius 1 is 1.24 bits per heavy atom. The van der Waals surface area contributed by atoms with Gasteiger partial charge in [0.1, 0.15) is 0 Å². The lowest BCUT2D eigenvalue weighted by Crippen LogP contribution is -2.42. The summed E-state index contributed by atoms with van der Waals surface area (Å²) in [7, 11) is 2.14. The predicted molar refractivity (Wildman–Crippen MR) is 80.7 cm³/mol. The largest absolute Gasteiger partial charge is 0.316 e. The molecule has 0 bridgehead atoms.